The van der Waals surface area contributed by atoms with E-state index in [0.29, 0.717) is 12.1 Å². The van der Waals surface area contributed by atoms with Gasteiger partial charge in [-0.1, -0.05) is 19.9 Å². The molecule has 1 N–H and O–H groups in total. The Morgan fingerprint density at radius 3 is 2.38 bits per heavy atom. The zero-order valence-corrected chi connectivity index (χ0v) is 13.4. The predicted octanol–water partition coefficient (Wildman–Crippen LogP) is 3.69. The third-order valence-electron chi connectivity index (χ3n) is 3.36. The number of nitrogens with one attached hydrogen (secondary N) is 1. The highest BCUT2D eigenvalue weighted by Gasteiger charge is 2.07. The molecule has 21 heavy (non-hydrogen) atoms. The number of ether oxygens (including phenoxy) is 1. The Kier molecular flexibility index (Phi) is 4.91. The zero-order chi connectivity index (χ0) is 15.4. The molecule has 0 saturated carbocycles. The van der Waals surface area contributed by atoms with E-state index in [-0.39, 0.29) is 0 Å². The minimum absolute atomic E-state index is 0.386. The number of benzene rings is 1. The Bertz CT molecular complexity index is 606. The summed E-state index contributed by atoms with van der Waals surface area (Å²) in [6.45, 7) is 11.2. The van der Waals surface area contributed by atoms with E-state index >= 15 is 0 Å². The smallest absolute Gasteiger partial charge is 0.321 e. The van der Waals surface area contributed by atoms with E-state index in [9.17, 15) is 0 Å². The van der Waals surface area contributed by atoms with E-state index in [2.05, 4.69) is 49.0 Å². The molecule has 2 rings (SSSR count). The van der Waals surface area contributed by atoms with Crippen molar-refractivity contribution in [3.8, 4) is 11.8 Å². The first kappa shape index (κ1) is 15.4. The maximum Gasteiger partial charge on any atom is 0.321 e. The van der Waals surface area contributed by atoms with Gasteiger partial charge in [0, 0.05) is 30.5 Å². The highest BCUT2D eigenvalue weighted by atomic mass is 16.5. The van der Waals surface area contributed by atoms with Gasteiger partial charge in [0.05, 0.1) is 0 Å². The molecule has 0 radical (unpaired) electrons. The van der Waals surface area contributed by atoms with Crippen molar-refractivity contribution in [2.24, 2.45) is 0 Å². The molecule has 1 aromatic carbocycles. The molecule has 0 atom stereocenters. The standard InChI is InChI=1S/C17H23N3O/c1-11(2)18-8-15-9-19-17(20-10-15)21-16-7-12(3)6-13(4)14(16)5/h6-7,9-11,18H,8H2,1-5H3. The number of rotatable bonds is 5. The second-order valence-corrected chi connectivity index (χ2v) is 5.72. The topological polar surface area (TPSA) is 47.0 Å². The highest BCUT2D eigenvalue weighted by Crippen LogP contribution is 2.26. The summed E-state index contributed by atoms with van der Waals surface area (Å²) >= 11 is 0. The molecule has 0 fully saturated rings. The van der Waals surface area contributed by atoms with Gasteiger partial charge in [0.2, 0.25) is 0 Å². The molecule has 0 amide bonds. The van der Waals surface area contributed by atoms with E-state index in [1.54, 1.807) is 12.4 Å². The molecule has 0 saturated heterocycles. The van der Waals surface area contributed by atoms with Crippen LogP contribution in [0.3, 0.4) is 0 Å². The van der Waals surface area contributed by atoms with Gasteiger partial charge >= 0.3 is 6.01 Å². The summed E-state index contributed by atoms with van der Waals surface area (Å²) in [6.07, 6.45) is 3.60. The van der Waals surface area contributed by atoms with Crippen LogP contribution in [0.25, 0.3) is 0 Å². The molecule has 0 aliphatic carbocycles. The lowest BCUT2D eigenvalue weighted by Gasteiger charge is -2.11. The monoisotopic (exact) mass is 285 g/mol. The predicted molar refractivity (Wildman–Crippen MR) is 84.7 cm³/mol. The van der Waals surface area contributed by atoms with Crippen LogP contribution >= 0.6 is 0 Å². The molecule has 4 nitrogen and oxygen atoms in total. The molecule has 0 aliphatic rings. The van der Waals surface area contributed by atoms with Gasteiger partial charge in [0.25, 0.3) is 0 Å². The van der Waals surface area contributed by atoms with Crippen molar-refractivity contribution in [3.63, 3.8) is 0 Å². The van der Waals surface area contributed by atoms with Crippen molar-refractivity contribution in [2.45, 2.75) is 47.2 Å². The number of hydrogen-bond donors (Lipinski definition) is 1. The Labute approximate surface area is 126 Å². The zero-order valence-electron chi connectivity index (χ0n) is 13.4. The average Bonchev–Trinajstić information content (AvgIpc) is 2.43. The third-order valence-corrected chi connectivity index (χ3v) is 3.36. The second kappa shape index (κ2) is 6.68. The van der Waals surface area contributed by atoms with Gasteiger partial charge < -0.3 is 10.1 Å². The minimum atomic E-state index is 0.386. The summed E-state index contributed by atoms with van der Waals surface area (Å²) in [7, 11) is 0. The van der Waals surface area contributed by atoms with Gasteiger partial charge in [-0.25, -0.2) is 9.97 Å². The lowest BCUT2D eigenvalue weighted by molar-refractivity contribution is 0.436. The largest absolute Gasteiger partial charge is 0.424 e. The number of hydrogen-bond acceptors (Lipinski definition) is 4. The fourth-order valence-electron chi connectivity index (χ4n) is 2.01. The van der Waals surface area contributed by atoms with Crippen LogP contribution in [0.2, 0.25) is 0 Å². The fourth-order valence-corrected chi connectivity index (χ4v) is 2.01. The second-order valence-electron chi connectivity index (χ2n) is 5.72. The van der Waals surface area contributed by atoms with Crippen LogP contribution in [0, 0.1) is 20.8 Å². The van der Waals surface area contributed by atoms with Crippen molar-refractivity contribution < 1.29 is 4.74 Å². The number of aromatic nitrogens is 2. The Morgan fingerprint density at radius 1 is 1.10 bits per heavy atom. The lowest BCUT2D eigenvalue weighted by Crippen LogP contribution is -2.21. The molecule has 1 aromatic heterocycles. The molecule has 0 unspecified atom stereocenters. The van der Waals surface area contributed by atoms with Gasteiger partial charge in [0.15, 0.2) is 0 Å². The van der Waals surface area contributed by atoms with E-state index in [1.165, 1.54) is 11.1 Å². The Morgan fingerprint density at radius 2 is 1.76 bits per heavy atom. The first-order chi connectivity index (χ1) is 9.95. The summed E-state index contributed by atoms with van der Waals surface area (Å²) < 4.78 is 5.81. The molecular weight excluding hydrogens is 262 g/mol. The van der Waals surface area contributed by atoms with Crippen LogP contribution < -0.4 is 10.1 Å². The van der Waals surface area contributed by atoms with E-state index in [0.717, 1.165) is 23.4 Å². The molecule has 2 aromatic rings. The van der Waals surface area contributed by atoms with E-state index in [1.807, 2.05) is 13.0 Å². The van der Waals surface area contributed by atoms with Crippen LogP contribution in [0.4, 0.5) is 0 Å². The van der Waals surface area contributed by atoms with Gasteiger partial charge in [-0.2, -0.15) is 0 Å². The molecule has 0 spiro atoms. The van der Waals surface area contributed by atoms with Crippen LogP contribution in [-0.2, 0) is 6.54 Å². The van der Waals surface area contributed by atoms with Gasteiger partial charge in [-0.05, 0) is 43.5 Å². The summed E-state index contributed by atoms with van der Waals surface area (Å²) in [5, 5.41) is 3.33. The normalized spacial score (nSPS) is 11.0. The molecule has 4 heteroatoms. The first-order valence-electron chi connectivity index (χ1n) is 7.25. The molecule has 1 heterocycles. The van der Waals surface area contributed by atoms with Crippen LogP contribution in [0.5, 0.6) is 11.8 Å². The summed E-state index contributed by atoms with van der Waals surface area (Å²) in [5.74, 6) is 0.820. The summed E-state index contributed by atoms with van der Waals surface area (Å²) in [4.78, 5) is 8.56. The third kappa shape index (κ3) is 4.26. The Hall–Kier alpha value is -1.94. The van der Waals surface area contributed by atoms with Gasteiger partial charge in [-0.15, -0.1) is 0 Å². The van der Waals surface area contributed by atoms with E-state index < -0.39 is 0 Å². The van der Waals surface area contributed by atoms with Crippen molar-refractivity contribution >= 4 is 0 Å². The SMILES string of the molecule is Cc1cc(C)c(C)c(Oc2ncc(CNC(C)C)cn2)c1. The van der Waals surface area contributed by atoms with Crippen LogP contribution in [0.1, 0.15) is 36.1 Å². The Balaban J connectivity index is 2.10. The molecule has 0 bridgehead atoms. The fraction of sp³-hybridized carbons (Fsp3) is 0.412. The van der Waals surface area contributed by atoms with E-state index in [4.69, 9.17) is 4.74 Å². The van der Waals surface area contributed by atoms with Crippen molar-refractivity contribution in [1.82, 2.24) is 15.3 Å². The molecule has 112 valence electrons. The maximum atomic E-state index is 5.81. The average molecular weight is 285 g/mol. The van der Waals surface area contributed by atoms with Crippen molar-refractivity contribution in [3.05, 3.63) is 46.8 Å². The van der Waals surface area contributed by atoms with Gasteiger partial charge in [-0.3, -0.25) is 0 Å². The number of aryl methyl sites for hydroxylation is 2. The summed E-state index contributed by atoms with van der Waals surface area (Å²) in [5.41, 5.74) is 4.55. The highest BCUT2D eigenvalue weighted by molar-refractivity contribution is 5.43. The first-order valence-corrected chi connectivity index (χ1v) is 7.25. The van der Waals surface area contributed by atoms with Crippen LogP contribution in [0.15, 0.2) is 24.5 Å². The maximum absolute atomic E-state index is 5.81. The number of nitrogens with zero attached hydrogens (tertiary/aromatic N) is 2. The van der Waals surface area contributed by atoms with Crippen LogP contribution in [-0.4, -0.2) is 16.0 Å². The molecular formula is C17H23N3O. The summed E-state index contributed by atoms with van der Waals surface area (Å²) in [6, 6.07) is 4.99. The lowest BCUT2D eigenvalue weighted by atomic mass is 10.1. The molecule has 0 aliphatic heterocycles. The van der Waals surface area contributed by atoms with Crippen molar-refractivity contribution in [2.75, 3.05) is 0 Å². The minimum Gasteiger partial charge on any atom is -0.424 e. The quantitative estimate of drug-likeness (QED) is 0.910. The van der Waals surface area contributed by atoms with Gasteiger partial charge in [0.1, 0.15) is 5.75 Å². The van der Waals surface area contributed by atoms with Crippen molar-refractivity contribution in [1.29, 1.82) is 0 Å².